The van der Waals surface area contributed by atoms with Gasteiger partial charge in [0.2, 0.25) is 0 Å². The van der Waals surface area contributed by atoms with Crippen LogP contribution >= 0.6 is 0 Å². The average molecular weight is 191 g/mol. The summed E-state index contributed by atoms with van der Waals surface area (Å²) >= 11 is 0. The van der Waals surface area contributed by atoms with Crippen LogP contribution in [0.4, 0.5) is 0 Å². The molecule has 0 aromatic heterocycles. The Hall–Kier alpha value is -2.17. The maximum absolute atomic E-state index is 10.6. The molecule has 0 fully saturated rings. The molecule has 0 unspecified atom stereocenters. The molecule has 0 saturated carbocycles. The smallest absolute Gasteiger partial charge is 0.335 e. The fourth-order valence-corrected chi connectivity index (χ4v) is 0.951. The Labute approximate surface area is 80.6 Å². The first kappa shape index (κ1) is 9.91. The van der Waals surface area contributed by atoms with E-state index in [1.165, 1.54) is 12.1 Å². The van der Waals surface area contributed by atoms with Crippen LogP contribution in [0.15, 0.2) is 29.4 Å². The third kappa shape index (κ3) is 2.16. The SMILES string of the molecule is C=NNC(=N)c1cccc(C(=O)O)c1. The van der Waals surface area contributed by atoms with Crippen molar-refractivity contribution in [3.63, 3.8) is 0 Å². The zero-order valence-electron chi connectivity index (χ0n) is 7.32. The van der Waals surface area contributed by atoms with E-state index in [0.29, 0.717) is 5.56 Å². The molecule has 0 radical (unpaired) electrons. The third-order valence-electron chi connectivity index (χ3n) is 1.59. The van der Waals surface area contributed by atoms with Gasteiger partial charge < -0.3 is 5.11 Å². The lowest BCUT2D eigenvalue weighted by molar-refractivity contribution is 0.0697. The van der Waals surface area contributed by atoms with Gasteiger partial charge in [-0.2, -0.15) is 5.10 Å². The van der Waals surface area contributed by atoms with Gasteiger partial charge in [-0.1, -0.05) is 12.1 Å². The van der Waals surface area contributed by atoms with Crippen LogP contribution in [-0.4, -0.2) is 23.6 Å². The van der Waals surface area contributed by atoms with Crippen LogP contribution in [0.25, 0.3) is 0 Å². The van der Waals surface area contributed by atoms with E-state index in [1.54, 1.807) is 12.1 Å². The number of rotatable bonds is 3. The highest BCUT2D eigenvalue weighted by Gasteiger charge is 2.05. The van der Waals surface area contributed by atoms with E-state index in [0.717, 1.165) is 0 Å². The molecule has 72 valence electrons. The summed E-state index contributed by atoms with van der Waals surface area (Å²) in [5.41, 5.74) is 2.93. The number of hydrogen-bond donors (Lipinski definition) is 3. The Balaban J connectivity index is 2.99. The van der Waals surface area contributed by atoms with E-state index in [2.05, 4.69) is 17.2 Å². The maximum Gasteiger partial charge on any atom is 0.335 e. The minimum atomic E-state index is -1.02. The lowest BCUT2D eigenvalue weighted by Gasteiger charge is -2.02. The number of carbonyl (C=O) groups is 1. The summed E-state index contributed by atoms with van der Waals surface area (Å²) in [6.45, 7) is 3.17. The van der Waals surface area contributed by atoms with E-state index >= 15 is 0 Å². The first-order chi connectivity index (χ1) is 6.65. The first-order valence-corrected chi connectivity index (χ1v) is 3.79. The zero-order valence-corrected chi connectivity index (χ0v) is 7.32. The Morgan fingerprint density at radius 2 is 2.14 bits per heavy atom. The van der Waals surface area contributed by atoms with E-state index < -0.39 is 5.97 Å². The number of nitrogens with zero attached hydrogens (tertiary/aromatic N) is 1. The molecule has 0 heterocycles. The molecular formula is C9H9N3O2. The summed E-state index contributed by atoms with van der Waals surface area (Å²) in [6.07, 6.45) is 0. The van der Waals surface area contributed by atoms with Crippen molar-refractivity contribution in [2.75, 3.05) is 0 Å². The average Bonchev–Trinajstić information content (AvgIpc) is 2.18. The molecule has 1 rings (SSSR count). The molecule has 0 aliphatic carbocycles. The van der Waals surface area contributed by atoms with Gasteiger partial charge in [-0.15, -0.1) is 0 Å². The summed E-state index contributed by atoms with van der Waals surface area (Å²) in [7, 11) is 0. The van der Waals surface area contributed by atoms with Crippen LogP contribution in [-0.2, 0) is 0 Å². The van der Waals surface area contributed by atoms with Crippen molar-refractivity contribution in [1.29, 1.82) is 5.41 Å². The fraction of sp³-hybridized carbons (Fsp3) is 0. The summed E-state index contributed by atoms with van der Waals surface area (Å²) in [5, 5.41) is 19.4. The molecule has 14 heavy (non-hydrogen) atoms. The lowest BCUT2D eigenvalue weighted by Crippen LogP contribution is -2.17. The van der Waals surface area contributed by atoms with E-state index in [9.17, 15) is 4.79 Å². The second kappa shape index (κ2) is 4.18. The van der Waals surface area contributed by atoms with Crippen molar-refractivity contribution in [3.8, 4) is 0 Å². The highest BCUT2D eigenvalue weighted by Crippen LogP contribution is 2.04. The molecule has 0 aliphatic heterocycles. The molecule has 5 nitrogen and oxygen atoms in total. The van der Waals surface area contributed by atoms with E-state index in [-0.39, 0.29) is 11.4 Å². The zero-order chi connectivity index (χ0) is 10.6. The Kier molecular flexibility index (Phi) is 2.96. The molecule has 0 amide bonds. The van der Waals surface area contributed by atoms with Crippen LogP contribution in [0, 0.1) is 5.41 Å². The Bertz CT molecular complexity index is 387. The highest BCUT2D eigenvalue weighted by molar-refractivity contribution is 5.98. The number of hydrogen-bond acceptors (Lipinski definition) is 3. The van der Waals surface area contributed by atoms with Gasteiger partial charge >= 0.3 is 5.97 Å². The number of carboxylic acids is 1. The van der Waals surface area contributed by atoms with Crippen LogP contribution in [0.5, 0.6) is 0 Å². The van der Waals surface area contributed by atoms with Gasteiger partial charge in [0, 0.05) is 12.3 Å². The number of amidine groups is 1. The van der Waals surface area contributed by atoms with Crippen molar-refractivity contribution < 1.29 is 9.90 Å². The van der Waals surface area contributed by atoms with E-state index in [1.807, 2.05) is 0 Å². The van der Waals surface area contributed by atoms with Crippen LogP contribution in [0.2, 0.25) is 0 Å². The van der Waals surface area contributed by atoms with Gasteiger partial charge in [0.1, 0.15) is 5.84 Å². The molecule has 0 saturated heterocycles. The van der Waals surface area contributed by atoms with Crippen molar-refractivity contribution in [2.45, 2.75) is 0 Å². The van der Waals surface area contributed by atoms with Crippen LogP contribution in [0.1, 0.15) is 15.9 Å². The largest absolute Gasteiger partial charge is 0.478 e. The van der Waals surface area contributed by atoms with E-state index in [4.69, 9.17) is 10.5 Å². The number of aromatic carboxylic acids is 1. The van der Waals surface area contributed by atoms with Gasteiger partial charge in [-0.05, 0) is 12.1 Å². The summed E-state index contributed by atoms with van der Waals surface area (Å²) in [4.78, 5) is 10.6. The third-order valence-corrected chi connectivity index (χ3v) is 1.59. The van der Waals surface area contributed by atoms with Gasteiger partial charge in [0.25, 0.3) is 0 Å². The molecule has 0 spiro atoms. The van der Waals surface area contributed by atoms with Crippen LogP contribution in [0.3, 0.4) is 0 Å². The standard InChI is InChI=1S/C9H9N3O2/c1-11-12-8(10)6-3-2-4-7(5-6)9(13)14/h2-5H,1H2,(H2,10,12)(H,13,14). The quantitative estimate of drug-likeness (QED) is 0.377. The second-order valence-electron chi connectivity index (χ2n) is 2.53. The Morgan fingerprint density at radius 3 is 2.71 bits per heavy atom. The van der Waals surface area contributed by atoms with Gasteiger partial charge in [0.15, 0.2) is 0 Å². The van der Waals surface area contributed by atoms with Gasteiger partial charge in [0.05, 0.1) is 5.56 Å². The number of carboxylic acid groups (broad SMARTS) is 1. The molecule has 0 bridgehead atoms. The summed E-state index contributed by atoms with van der Waals surface area (Å²) in [5.74, 6) is -1.01. The normalized spacial score (nSPS) is 9.14. The number of nitrogens with one attached hydrogen (secondary N) is 2. The van der Waals surface area contributed by atoms with Crippen molar-refractivity contribution >= 4 is 18.5 Å². The van der Waals surface area contributed by atoms with Crippen molar-refractivity contribution in [1.82, 2.24) is 5.43 Å². The molecular weight excluding hydrogens is 182 g/mol. The number of hydrazone groups is 1. The summed E-state index contributed by atoms with van der Waals surface area (Å²) in [6, 6.07) is 6.04. The van der Waals surface area contributed by atoms with Crippen molar-refractivity contribution in [3.05, 3.63) is 35.4 Å². The maximum atomic E-state index is 10.6. The second-order valence-corrected chi connectivity index (χ2v) is 2.53. The molecule has 1 aromatic carbocycles. The lowest BCUT2D eigenvalue weighted by atomic mass is 10.1. The number of benzene rings is 1. The molecule has 0 aliphatic rings. The molecule has 3 N–H and O–H groups in total. The highest BCUT2D eigenvalue weighted by atomic mass is 16.4. The molecule has 1 aromatic rings. The van der Waals surface area contributed by atoms with Crippen molar-refractivity contribution in [2.24, 2.45) is 5.10 Å². The van der Waals surface area contributed by atoms with Crippen LogP contribution < -0.4 is 5.43 Å². The first-order valence-electron chi connectivity index (χ1n) is 3.79. The minimum Gasteiger partial charge on any atom is -0.478 e. The topological polar surface area (TPSA) is 85.5 Å². The predicted molar refractivity (Wildman–Crippen MR) is 52.9 cm³/mol. The summed E-state index contributed by atoms with van der Waals surface area (Å²) < 4.78 is 0. The van der Waals surface area contributed by atoms with Gasteiger partial charge in [-0.3, -0.25) is 10.8 Å². The molecule has 5 heteroatoms. The van der Waals surface area contributed by atoms with Gasteiger partial charge in [-0.25, -0.2) is 4.79 Å². The predicted octanol–water partition coefficient (Wildman–Crippen LogP) is 0.915. The minimum absolute atomic E-state index is 0.0168. The fourth-order valence-electron chi connectivity index (χ4n) is 0.951. The monoisotopic (exact) mass is 191 g/mol. The molecule has 0 atom stereocenters. The Morgan fingerprint density at radius 1 is 1.50 bits per heavy atom.